The summed E-state index contributed by atoms with van der Waals surface area (Å²) in [4.78, 5) is 7.89. The minimum atomic E-state index is -2.86. The number of methoxy groups -OCH3 is 1. The van der Waals surface area contributed by atoms with Gasteiger partial charge < -0.3 is 14.2 Å². The van der Waals surface area contributed by atoms with Gasteiger partial charge in [0, 0.05) is 37.8 Å². The second kappa shape index (κ2) is 10.2. The van der Waals surface area contributed by atoms with Crippen LogP contribution in [0.25, 0.3) is 10.6 Å². The van der Waals surface area contributed by atoms with Gasteiger partial charge in [-0.05, 0) is 24.5 Å². The SMILES string of the molecule is COCCOC1CC(C)CN(Cc2cnc(-c3ccccc3OC(F)F)s2)C1. The smallest absolute Gasteiger partial charge is 0.387 e. The molecule has 0 spiro atoms. The highest BCUT2D eigenvalue weighted by Gasteiger charge is 2.26. The molecule has 1 saturated heterocycles. The number of likely N-dealkylation sites (tertiary alicyclic amines) is 1. The van der Waals surface area contributed by atoms with Crippen LogP contribution in [0.5, 0.6) is 5.75 Å². The first-order valence-corrected chi connectivity index (χ1v) is 10.2. The number of hydrogen-bond acceptors (Lipinski definition) is 6. The fourth-order valence-electron chi connectivity index (χ4n) is 3.52. The highest BCUT2D eigenvalue weighted by atomic mass is 32.1. The van der Waals surface area contributed by atoms with E-state index in [9.17, 15) is 8.78 Å². The number of hydrogen-bond donors (Lipinski definition) is 0. The number of para-hydroxylation sites is 1. The van der Waals surface area contributed by atoms with Crippen molar-refractivity contribution in [1.29, 1.82) is 0 Å². The maximum absolute atomic E-state index is 12.6. The zero-order chi connectivity index (χ0) is 19.9. The Hall–Kier alpha value is -1.61. The van der Waals surface area contributed by atoms with Crippen molar-refractivity contribution in [3.8, 4) is 16.3 Å². The highest BCUT2D eigenvalue weighted by molar-refractivity contribution is 7.15. The summed E-state index contributed by atoms with van der Waals surface area (Å²) < 4.78 is 40.9. The van der Waals surface area contributed by atoms with Crippen molar-refractivity contribution >= 4 is 11.3 Å². The highest BCUT2D eigenvalue weighted by Crippen LogP contribution is 2.34. The number of alkyl halides is 2. The molecule has 2 unspecified atom stereocenters. The van der Waals surface area contributed by atoms with Crippen LogP contribution < -0.4 is 4.74 Å². The third kappa shape index (κ3) is 5.94. The molecule has 1 fully saturated rings. The number of ether oxygens (including phenoxy) is 3. The summed E-state index contributed by atoms with van der Waals surface area (Å²) in [5.74, 6) is 0.699. The van der Waals surface area contributed by atoms with Crippen molar-refractivity contribution in [2.45, 2.75) is 32.6 Å². The predicted octanol–water partition coefficient (Wildman–Crippen LogP) is 4.28. The molecule has 0 N–H and O–H groups in total. The zero-order valence-electron chi connectivity index (χ0n) is 16.1. The van der Waals surface area contributed by atoms with Gasteiger partial charge in [-0.15, -0.1) is 11.3 Å². The van der Waals surface area contributed by atoms with Crippen molar-refractivity contribution in [1.82, 2.24) is 9.88 Å². The van der Waals surface area contributed by atoms with E-state index >= 15 is 0 Å². The Morgan fingerprint density at radius 3 is 2.86 bits per heavy atom. The van der Waals surface area contributed by atoms with E-state index in [1.165, 1.54) is 17.4 Å². The Balaban J connectivity index is 1.64. The third-order valence-electron chi connectivity index (χ3n) is 4.60. The van der Waals surface area contributed by atoms with E-state index in [-0.39, 0.29) is 11.9 Å². The number of nitrogens with zero attached hydrogens (tertiary/aromatic N) is 2. The van der Waals surface area contributed by atoms with Gasteiger partial charge in [-0.2, -0.15) is 8.78 Å². The molecule has 2 atom stereocenters. The molecule has 0 bridgehead atoms. The first-order chi connectivity index (χ1) is 13.5. The van der Waals surface area contributed by atoms with Crippen LogP contribution in [0.15, 0.2) is 30.5 Å². The van der Waals surface area contributed by atoms with Crippen LogP contribution in [-0.2, 0) is 16.0 Å². The molecular weight excluding hydrogens is 386 g/mol. The van der Waals surface area contributed by atoms with Crippen LogP contribution in [0.3, 0.4) is 0 Å². The molecule has 0 aliphatic carbocycles. The number of thiazole rings is 1. The van der Waals surface area contributed by atoms with Gasteiger partial charge in [0.05, 0.1) is 24.9 Å². The molecule has 1 aliphatic heterocycles. The first-order valence-electron chi connectivity index (χ1n) is 9.37. The van der Waals surface area contributed by atoms with Crippen molar-refractivity contribution in [3.05, 3.63) is 35.3 Å². The van der Waals surface area contributed by atoms with Crippen LogP contribution in [0.2, 0.25) is 0 Å². The van der Waals surface area contributed by atoms with E-state index in [2.05, 4.69) is 21.5 Å². The summed E-state index contributed by atoms with van der Waals surface area (Å²) >= 11 is 1.51. The lowest BCUT2D eigenvalue weighted by Crippen LogP contribution is -2.43. The Bertz CT molecular complexity index is 744. The molecule has 5 nitrogen and oxygen atoms in total. The van der Waals surface area contributed by atoms with Gasteiger partial charge in [0.15, 0.2) is 0 Å². The van der Waals surface area contributed by atoms with Gasteiger partial charge in [-0.3, -0.25) is 4.90 Å². The minimum Gasteiger partial charge on any atom is -0.434 e. The maximum atomic E-state index is 12.6. The summed E-state index contributed by atoms with van der Waals surface area (Å²) in [6.07, 6.45) is 3.07. The van der Waals surface area contributed by atoms with Crippen LogP contribution in [-0.4, -0.2) is 56.0 Å². The van der Waals surface area contributed by atoms with E-state index < -0.39 is 6.61 Å². The quantitative estimate of drug-likeness (QED) is 0.575. The summed E-state index contributed by atoms with van der Waals surface area (Å²) in [6.45, 7) is 3.22. The molecule has 8 heteroatoms. The second-order valence-electron chi connectivity index (χ2n) is 7.03. The average molecular weight is 413 g/mol. The van der Waals surface area contributed by atoms with Crippen molar-refractivity contribution in [3.63, 3.8) is 0 Å². The standard InChI is InChI=1S/C20H26F2N2O3S/c1-14-9-15(26-8-7-25-2)12-24(11-14)13-16-10-23-19(28-16)17-5-3-4-6-18(17)27-20(21)22/h3-6,10,14-15,20H,7-9,11-13H2,1-2H3. The van der Waals surface area contributed by atoms with Gasteiger partial charge in [0.25, 0.3) is 0 Å². The van der Waals surface area contributed by atoms with E-state index in [4.69, 9.17) is 9.47 Å². The fourth-order valence-corrected chi connectivity index (χ4v) is 4.50. The van der Waals surface area contributed by atoms with Crippen LogP contribution in [0.1, 0.15) is 18.2 Å². The van der Waals surface area contributed by atoms with Crippen molar-refractivity contribution in [2.24, 2.45) is 5.92 Å². The van der Waals surface area contributed by atoms with Crippen molar-refractivity contribution in [2.75, 3.05) is 33.4 Å². The lowest BCUT2D eigenvalue weighted by atomic mass is 9.98. The molecule has 0 amide bonds. The van der Waals surface area contributed by atoms with Gasteiger partial charge in [0.2, 0.25) is 0 Å². The normalized spacial score (nSPS) is 20.6. The molecule has 2 aromatic rings. The van der Waals surface area contributed by atoms with Crippen molar-refractivity contribution < 1.29 is 23.0 Å². The molecule has 3 rings (SSSR count). The molecule has 0 radical (unpaired) electrons. The Labute approximate surface area is 168 Å². The second-order valence-corrected chi connectivity index (χ2v) is 8.14. The van der Waals surface area contributed by atoms with E-state index in [1.807, 2.05) is 6.20 Å². The van der Waals surface area contributed by atoms with E-state index in [1.54, 1.807) is 25.3 Å². The summed E-state index contributed by atoms with van der Waals surface area (Å²) in [7, 11) is 1.67. The molecule has 1 aromatic carbocycles. The minimum absolute atomic E-state index is 0.150. The number of rotatable bonds is 9. The van der Waals surface area contributed by atoms with Gasteiger partial charge >= 0.3 is 6.61 Å². The van der Waals surface area contributed by atoms with Crippen LogP contribution in [0.4, 0.5) is 8.78 Å². The first kappa shape index (κ1) is 21.1. The molecule has 28 heavy (non-hydrogen) atoms. The largest absolute Gasteiger partial charge is 0.434 e. The van der Waals surface area contributed by atoms with E-state index in [0.717, 1.165) is 30.9 Å². The summed E-state index contributed by atoms with van der Waals surface area (Å²) in [6, 6.07) is 6.76. The molecular formula is C20H26F2N2O3S. The number of benzene rings is 1. The number of piperidine rings is 1. The molecule has 2 heterocycles. The predicted molar refractivity (Wildman–Crippen MR) is 105 cm³/mol. The summed E-state index contributed by atoms with van der Waals surface area (Å²) in [5.41, 5.74) is 0.590. The Morgan fingerprint density at radius 2 is 2.07 bits per heavy atom. The Kier molecular flexibility index (Phi) is 7.73. The fraction of sp³-hybridized carbons (Fsp3) is 0.550. The summed E-state index contributed by atoms with van der Waals surface area (Å²) in [5, 5.41) is 0.684. The monoisotopic (exact) mass is 412 g/mol. The third-order valence-corrected chi connectivity index (χ3v) is 5.62. The van der Waals surface area contributed by atoms with E-state index in [0.29, 0.717) is 29.7 Å². The van der Waals surface area contributed by atoms with Gasteiger partial charge in [-0.1, -0.05) is 19.1 Å². The average Bonchev–Trinajstić information content (AvgIpc) is 3.10. The lowest BCUT2D eigenvalue weighted by Gasteiger charge is -2.36. The molecule has 154 valence electrons. The van der Waals surface area contributed by atoms with Gasteiger partial charge in [-0.25, -0.2) is 4.98 Å². The van der Waals surface area contributed by atoms with Crippen LogP contribution >= 0.6 is 11.3 Å². The number of aromatic nitrogens is 1. The molecule has 0 saturated carbocycles. The molecule has 1 aromatic heterocycles. The van der Waals surface area contributed by atoms with Gasteiger partial charge in [0.1, 0.15) is 10.8 Å². The topological polar surface area (TPSA) is 43.8 Å². The lowest BCUT2D eigenvalue weighted by molar-refractivity contribution is -0.0494. The zero-order valence-corrected chi connectivity index (χ0v) is 17.0. The van der Waals surface area contributed by atoms with Crippen LogP contribution in [0, 0.1) is 5.92 Å². The Morgan fingerprint density at radius 1 is 1.25 bits per heavy atom. The molecule has 1 aliphatic rings. The number of halogens is 2. The maximum Gasteiger partial charge on any atom is 0.387 e.